The molecule has 4 fully saturated rings. The molecule has 0 aromatic rings. The summed E-state index contributed by atoms with van der Waals surface area (Å²) in [4.78, 5) is 49.3. The number of hydrogen-bond acceptors (Lipinski definition) is 8. The third-order valence-corrected chi connectivity index (χ3v) is 7.77. The molecule has 8 heteroatoms. The topological polar surface area (TPSA) is 108 Å². The van der Waals surface area contributed by atoms with Gasteiger partial charge in [-0.2, -0.15) is 0 Å². The van der Waals surface area contributed by atoms with Crippen LogP contribution >= 0.6 is 0 Å². The molecular formula is C20H26O8. The van der Waals surface area contributed by atoms with Gasteiger partial charge in [0.15, 0.2) is 11.4 Å². The van der Waals surface area contributed by atoms with E-state index in [-0.39, 0.29) is 43.7 Å². The van der Waals surface area contributed by atoms with E-state index in [4.69, 9.17) is 18.9 Å². The van der Waals surface area contributed by atoms with Crippen molar-refractivity contribution >= 4 is 23.7 Å². The summed E-state index contributed by atoms with van der Waals surface area (Å²) < 4.78 is 23.0. The molecule has 28 heavy (non-hydrogen) atoms. The first-order valence-electron chi connectivity index (χ1n) is 9.74. The summed E-state index contributed by atoms with van der Waals surface area (Å²) in [7, 11) is 0. The second-order valence-corrected chi connectivity index (χ2v) is 8.92. The van der Waals surface area contributed by atoms with E-state index in [2.05, 4.69) is 0 Å². The van der Waals surface area contributed by atoms with Crippen molar-refractivity contribution in [2.45, 2.75) is 70.7 Å². The number of ether oxygens (including phenoxy) is 4. The van der Waals surface area contributed by atoms with Crippen molar-refractivity contribution in [3.05, 3.63) is 0 Å². The fraction of sp³-hybridized carbons (Fsp3) is 0.800. The van der Waals surface area contributed by atoms with Crippen molar-refractivity contribution in [3.8, 4) is 0 Å². The minimum atomic E-state index is -1.27. The van der Waals surface area contributed by atoms with E-state index >= 15 is 0 Å². The van der Waals surface area contributed by atoms with Crippen molar-refractivity contribution in [2.75, 3.05) is 13.2 Å². The van der Waals surface area contributed by atoms with E-state index in [1.165, 1.54) is 13.8 Å². The summed E-state index contributed by atoms with van der Waals surface area (Å²) in [5.41, 5.74) is -4.25. The van der Waals surface area contributed by atoms with Gasteiger partial charge in [-0.15, -0.1) is 0 Å². The average molecular weight is 394 g/mol. The Morgan fingerprint density at radius 3 is 2.46 bits per heavy atom. The first-order chi connectivity index (χ1) is 13.0. The van der Waals surface area contributed by atoms with Crippen molar-refractivity contribution < 1.29 is 38.1 Å². The van der Waals surface area contributed by atoms with Crippen molar-refractivity contribution in [1.29, 1.82) is 0 Å². The zero-order valence-corrected chi connectivity index (χ0v) is 16.7. The van der Waals surface area contributed by atoms with Crippen molar-refractivity contribution in [2.24, 2.45) is 16.7 Å². The number of rotatable bonds is 3. The molecule has 0 aromatic heterocycles. The van der Waals surface area contributed by atoms with Crippen LogP contribution in [0.25, 0.3) is 0 Å². The molecule has 0 bridgehead atoms. The van der Waals surface area contributed by atoms with E-state index in [0.29, 0.717) is 12.8 Å². The predicted octanol–water partition coefficient (Wildman–Crippen LogP) is 1.33. The number of esters is 3. The molecule has 6 atom stereocenters. The lowest BCUT2D eigenvalue weighted by molar-refractivity contribution is -0.281. The van der Waals surface area contributed by atoms with Gasteiger partial charge in [-0.1, -0.05) is 13.8 Å². The zero-order valence-electron chi connectivity index (χ0n) is 16.7. The first-order valence-corrected chi connectivity index (χ1v) is 9.74. The highest BCUT2D eigenvalue weighted by Gasteiger charge is 2.87. The third kappa shape index (κ3) is 2.10. The Morgan fingerprint density at radius 2 is 1.89 bits per heavy atom. The van der Waals surface area contributed by atoms with Crippen LogP contribution in [0.15, 0.2) is 0 Å². The summed E-state index contributed by atoms with van der Waals surface area (Å²) in [6.45, 7) is 6.50. The molecule has 4 rings (SSSR count). The minimum absolute atomic E-state index is 0.0160. The normalized spacial score (nSPS) is 46.4. The van der Waals surface area contributed by atoms with Crippen molar-refractivity contribution in [3.63, 3.8) is 0 Å². The number of Topliss-reactive ketones (excluding diaryl/α,β-unsaturated/α-hetero) is 1. The molecule has 154 valence electrons. The molecule has 0 aromatic carbocycles. The molecule has 8 nitrogen and oxygen atoms in total. The Bertz CT molecular complexity index is 770. The van der Waals surface area contributed by atoms with E-state index in [9.17, 15) is 19.2 Å². The molecule has 4 aliphatic rings. The zero-order chi connectivity index (χ0) is 20.5. The van der Waals surface area contributed by atoms with Gasteiger partial charge in [0.05, 0.1) is 13.0 Å². The highest BCUT2D eigenvalue weighted by atomic mass is 16.6. The maximum atomic E-state index is 13.0. The Hall–Kier alpha value is -1.96. The maximum Gasteiger partial charge on any atom is 0.307 e. The highest BCUT2D eigenvalue weighted by Crippen LogP contribution is 2.73. The fourth-order valence-corrected chi connectivity index (χ4v) is 6.27. The van der Waals surface area contributed by atoms with Gasteiger partial charge in [0.1, 0.15) is 23.7 Å². The number of hydrogen-bond donors (Lipinski definition) is 0. The lowest BCUT2D eigenvalue weighted by Crippen LogP contribution is -2.77. The first kappa shape index (κ1) is 19.4. The van der Waals surface area contributed by atoms with E-state index in [1.807, 2.05) is 13.8 Å². The van der Waals surface area contributed by atoms with Crippen LogP contribution in [-0.2, 0) is 38.1 Å². The van der Waals surface area contributed by atoms with Gasteiger partial charge in [0.2, 0.25) is 0 Å². The Morgan fingerprint density at radius 1 is 1.21 bits per heavy atom. The molecule has 2 spiro atoms. The van der Waals surface area contributed by atoms with Crippen LogP contribution in [0.1, 0.15) is 53.4 Å². The van der Waals surface area contributed by atoms with Gasteiger partial charge in [-0.05, 0) is 18.8 Å². The molecule has 2 heterocycles. The van der Waals surface area contributed by atoms with Gasteiger partial charge < -0.3 is 18.9 Å². The molecule has 0 unspecified atom stereocenters. The number of carbonyl (C=O) groups excluding carboxylic acids is 4. The lowest BCUT2D eigenvalue weighted by Gasteiger charge is -2.64. The van der Waals surface area contributed by atoms with Gasteiger partial charge in [0, 0.05) is 25.7 Å². The van der Waals surface area contributed by atoms with Crippen LogP contribution in [-0.4, -0.2) is 54.2 Å². The molecule has 0 amide bonds. The molecule has 0 radical (unpaired) electrons. The Balaban J connectivity index is 1.97. The highest BCUT2D eigenvalue weighted by molar-refractivity contribution is 5.93. The third-order valence-electron chi connectivity index (χ3n) is 7.77. The van der Waals surface area contributed by atoms with Crippen LogP contribution in [0.3, 0.4) is 0 Å². The second-order valence-electron chi connectivity index (χ2n) is 8.92. The molecule has 2 aliphatic carbocycles. The summed E-state index contributed by atoms with van der Waals surface area (Å²) in [5.74, 6) is -1.52. The standard InChI is InChI=1S/C20H26O8/c1-11-7-15(27-13(3)22)18(9-25-12(2)21)19(10-26-19)14(23)5-6-20(18)17(11,4)8-16(24)28-20/h11,15H,5-10H2,1-4H3/t11-,15+,17+,18+,19-,20+/m1/s1. The van der Waals surface area contributed by atoms with Gasteiger partial charge in [-0.25, -0.2) is 0 Å². The Labute approximate surface area is 163 Å². The molecular weight excluding hydrogens is 368 g/mol. The fourth-order valence-electron chi connectivity index (χ4n) is 6.27. The van der Waals surface area contributed by atoms with Gasteiger partial charge in [0.25, 0.3) is 0 Å². The van der Waals surface area contributed by atoms with Gasteiger partial charge >= 0.3 is 17.9 Å². The smallest absolute Gasteiger partial charge is 0.307 e. The SMILES string of the molecule is CC(=O)OC[C@@]12[C@@H](OC(C)=O)C[C@@H](C)[C@]3(C)CC(=O)O[C@]13CCC(=O)[C@]21CO1. The van der Waals surface area contributed by atoms with E-state index in [1.54, 1.807) is 0 Å². The monoisotopic (exact) mass is 394 g/mol. The maximum absolute atomic E-state index is 13.0. The van der Waals surface area contributed by atoms with Crippen LogP contribution in [0, 0.1) is 16.7 Å². The summed E-state index contributed by atoms with van der Waals surface area (Å²) in [6, 6.07) is 0. The van der Waals surface area contributed by atoms with Gasteiger partial charge in [-0.3, -0.25) is 19.2 Å². The van der Waals surface area contributed by atoms with E-state index < -0.39 is 40.1 Å². The second kappa shape index (κ2) is 5.78. The van der Waals surface area contributed by atoms with Crippen LogP contribution in [0.5, 0.6) is 0 Å². The minimum Gasteiger partial charge on any atom is -0.465 e. The number of ketones is 1. The summed E-state index contributed by atoms with van der Waals surface area (Å²) in [5, 5.41) is 0. The van der Waals surface area contributed by atoms with Crippen LogP contribution in [0.4, 0.5) is 0 Å². The average Bonchev–Trinajstić information content (AvgIpc) is 3.32. The molecule has 2 saturated heterocycles. The Kier molecular flexibility index (Phi) is 4.00. The quantitative estimate of drug-likeness (QED) is 0.401. The number of carbonyl (C=O) groups is 4. The molecule has 2 saturated carbocycles. The van der Waals surface area contributed by atoms with Crippen LogP contribution < -0.4 is 0 Å². The number of epoxide rings is 1. The molecule has 0 N–H and O–H groups in total. The van der Waals surface area contributed by atoms with Crippen LogP contribution in [0.2, 0.25) is 0 Å². The lowest BCUT2D eigenvalue weighted by atomic mass is 9.41. The van der Waals surface area contributed by atoms with E-state index in [0.717, 1.165) is 0 Å². The number of fused-ring (bicyclic) bond motifs is 1. The summed E-state index contributed by atoms with van der Waals surface area (Å²) in [6.07, 6.45) is 0.346. The molecule has 2 aliphatic heterocycles. The summed E-state index contributed by atoms with van der Waals surface area (Å²) >= 11 is 0. The largest absolute Gasteiger partial charge is 0.465 e. The van der Waals surface area contributed by atoms with Crippen molar-refractivity contribution in [1.82, 2.24) is 0 Å². The predicted molar refractivity (Wildman–Crippen MR) is 92.9 cm³/mol.